The number of rotatable bonds is 6. The third-order valence-corrected chi connectivity index (χ3v) is 7.91. The van der Waals surface area contributed by atoms with Crippen LogP contribution in [-0.4, -0.2) is 37.6 Å². The summed E-state index contributed by atoms with van der Waals surface area (Å²) in [6.45, 7) is 4.66. The number of thiocarbonyl (C=S) groups is 1. The van der Waals surface area contributed by atoms with Gasteiger partial charge in [-0.25, -0.2) is 4.68 Å². The van der Waals surface area contributed by atoms with Gasteiger partial charge >= 0.3 is 0 Å². The van der Waals surface area contributed by atoms with Gasteiger partial charge in [0.2, 0.25) is 0 Å². The van der Waals surface area contributed by atoms with E-state index >= 15 is 0 Å². The highest BCUT2D eigenvalue weighted by molar-refractivity contribution is 8.26. The smallest absolute Gasteiger partial charge is 0.266 e. The van der Waals surface area contributed by atoms with E-state index in [0.29, 0.717) is 15.8 Å². The predicted octanol–water partition coefficient (Wildman–Crippen LogP) is 6.78. The zero-order valence-corrected chi connectivity index (χ0v) is 21.7. The number of carbonyl (C=O) groups excluding carboxylic acids is 1. The molecular formula is C28H29N3O2S2. The van der Waals surface area contributed by atoms with Gasteiger partial charge in [0.15, 0.2) is 0 Å². The summed E-state index contributed by atoms with van der Waals surface area (Å²) in [6, 6.07) is 16.3. The fourth-order valence-electron chi connectivity index (χ4n) is 4.85. The second-order valence-electron chi connectivity index (χ2n) is 8.97. The number of carbonyl (C=O) groups is 1. The van der Waals surface area contributed by atoms with Crippen LogP contribution in [0.15, 0.2) is 59.6 Å². The fraction of sp³-hybridized carbons (Fsp3) is 0.321. The quantitative estimate of drug-likeness (QED) is 0.274. The summed E-state index contributed by atoms with van der Waals surface area (Å²) in [7, 11) is 0. The van der Waals surface area contributed by atoms with E-state index in [2.05, 4.69) is 6.92 Å². The number of thioether (sulfide) groups is 1. The number of amides is 1. The molecule has 1 aromatic heterocycles. The Balaban J connectivity index is 1.55. The minimum Gasteiger partial charge on any atom is -0.494 e. The first-order valence-corrected chi connectivity index (χ1v) is 13.4. The molecule has 1 aliphatic carbocycles. The lowest BCUT2D eigenvalue weighted by Gasteiger charge is -2.29. The third-order valence-electron chi connectivity index (χ3n) is 6.58. The Labute approximate surface area is 216 Å². The van der Waals surface area contributed by atoms with E-state index in [-0.39, 0.29) is 11.9 Å². The van der Waals surface area contributed by atoms with Gasteiger partial charge in [-0.15, -0.1) is 0 Å². The lowest BCUT2D eigenvalue weighted by molar-refractivity contribution is -0.124. The van der Waals surface area contributed by atoms with Crippen molar-refractivity contribution in [3.63, 3.8) is 0 Å². The van der Waals surface area contributed by atoms with Crippen molar-refractivity contribution in [2.24, 2.45) is 0 Å². The Morgan fingerprint density at radius 2 is 1.91 bits per heavy atom. The standard InChI is InChI=1S/C28H29N3O2S2/c1-3-33-23-14-15-24(19(2)16-23)26-20(18-30(29-26)21-10-6-4-7-11-21)17-25-27(32)31(28(34)35-25)22-12-8-5-9-13-22/h4,6-7,10-11,14-18,22H,3,5,8-9,12-13H2,1-2H3/b25-17+. The van der Waals surface area contributed by atoms with Crippen LogP contribution >= 0.6 is 24.0 Å². The van der Waals surface area contributed by atoms with Crippen molar-refractivity contribution in [1.82, 2.24) is 14.7 Å². The molecule has 0 radical (unpaired) electrons. The van der Waals surface area contributed by atoms with Gasteiger partial charge in [-0.1, -0.05) is 61.4 Å². The Morgan fingerprint density at radius 1 is 1.14 bits per heavy atom. The van der Waals surface area contributed by atoms with Gasteiger partial charge in [-0.2, -0.15) is 5.10 Å². The first kappa shape index (κ1) is 23.8. The van der Waals surface area contributed by atoms with Crippen molar-refractivity contribution in [1.29, 1.82) is 0 Å². The molecule has 0 N–H and O–H groups in total. The highest BCUT2D eigenvalue weighted by Gasteiger charge is 2.37. The second-order valence-corrected chi connectivity index (χ2v) is 10.6. The Kier molecular flexibility index (Phi) is 7.07. The molecule has 7 heteroatoms. The van der Waals surface area contributed by atoms with E-state index in [1.807, 2.05) is 77.3 Å². The molecule has 0 spiro atoms. The van der Waals surface area contributed by atoms with E-state index in [4.69, 9.17) is 22.1 Å². The maximum absolute atomic E-state index is 13.4. The molecule has 0 unspecified atom stereocenters. The zero-order chi connectivity index (χ0) is 24.4. The highest BCUT2D eigenvalue weighted by Crippen LogP contribution is 2.39. The largest absolute Gasteiger partial charge is 0.494 e. The summed E-state index contributed by atoms with van der Waals surface area (Å²) >= 11 is 7.06. The summed E-state index contributed by atoms with van der Waals surface area (Å²) in [5, 5.41) is 4.95. The summed E-state index contributed by atoms with van der Waals surface area (Å²) < 4.78 is 8.22. The number of ether oxygens (including phenoxy) is 1. The van der Waals surface area contributed by atoms with Crippen LogP contribution in [0, 0.1) is 6.92 Å². The fourth-order valence-corrected chi connectivity index (χ4v) is 6.24. The summed E-state index contributed by atoms with van der Waals surface area (Å²) in [5.41, 5.74) is 4.77. The van der Waals surface area contributed by atoms with Crippen molar-refractivity contribution in [3.05, 3.63) is 70.8 Å². The number of hydrogen-bond acceptors (Lipinski definition) is 5. The van der Waals surface area contributed by atoms with Crippen LogP contribution in [0.2, 0.25) is 0 Å². The first-order chi connectivity index (χ1) is 17.0. The van der Waals surface area contributed by atoms with E-state index in [1.165, 1.54) is 18.2 Å². The molecular weight excluding hydrogens is 474 g/mol. The monoisotopic (exact) mass is 503 g/mol. The lowest BCUT2D eigenvalue weighted by Crippen LogP contribution is -2.39. The maximum Gasteiger partial charge on any atom is 0.266 e. The van der Waals surface area contributed by atoms with E-state index in [9.17, 15) is 4.79 Å². The van der Waals surface area contributed by atoms with Gasteiger partial charge in [-0.05, 0) is 68.7 Å². The van der Waals surface area contributed by atoms with Crippen LogP contribution in [-0.2, 0) is 4.79 Å². The van der Waals surface area contributed by atoms with E-state index in [0.717, 1.165) is 59.5 Å². The first-order valence-electron chi connectivity index (χ1n) is 12.2. The normalized spacial score (nSPS) is 18.0. The topological polar surface area (TPSA) is 47.4 Å². The van der Waals surface area contributed by atoms with Gasteiger partial charge in [0, 0.05) is 23.4 Å². The molecule has 1 saturated heterocycles. The lowest BCUT2D eigenvalue weighted by atomic mass is 9.94. The van der Waals surface area contributed by atoms with Gasteiger partial charge in [0.1, 0.15) is 15.8 Å². The number of benzene rings is 2. The van der Waals surface area contributed by atoms with Crippen LogP contribution < -0.4 is 4.74 Å². The van der Waals surface area contributed by atoms with Crippen molar-refractivity contribution >= 4 is 40.3 Å². The van der Waals surface area contributed by atoms with E-state index < -0.39 is 0 Å². The Bertz CT molecular complexity index is 1280. The highest BCUT2D eigenvalue weighted by atomic mass is 32.2. The third kappa shape index (κ3) is 4.93. The minimum absolute atomic E-state index is 0.0220. The molecule has 1 aliphatic heterocycles. The minimum atomic E-state index is 0.0220. The number of para-hydroxylation sites is 1. The molecule has 0 bridgehead atoms. The Morgan fingerprint density at radius 3 is 2.63 bits per heavy atom. The maximum atomic E-state index is 13.4. The molecule has 180 valence electrons. The van der Waals surface area contributed by atoms with Crippen molar-refractivity contribution in [3.8, 4) is 22.7 Å². The van der Waals surface area contributed by atoms with Crippen molar-refractivity contribution in [2.45, 2.75) is 52.0 Å². The molecule has 1 amide bonds. The van der Waals surface area contributed by atoms with Crippen LogP contribution in [0.4, 0.5) is 0 Å². The molecule has 1 saturated carbocycles. The number of hydrogen-bond donors (Lipinski definition) is 0. The molecule has 2 aromatic carbocycles. The zero-order valence-electron chi connectivity index (χ0n) is 20.1. The molecule has 0 atom stereocenters. The summed E-state index contributed by atoms with van der Waals surface area (Å²) in [5.74, 6) is 0.861. The molecule has 3 aromatic rings. The molecule has 35 heavy (non-hydrogen) atoms. The second kappa shape index (κ2) is 10.4. The summed E-state index contributed by atoms with van der Waals surface area (Å²) in [6.07, 6.45) is 9.57. The number of aromatic nitrogens is 2. The number of aryl methyl sites for hydroxylation is 1. The summed E-state index contributed by atoms with van der Waals surface area (Å²) in [4.78, 5) is 16.0. The van der Waals surface area contributed by atoms with Crippen LogP contribution in [0.1, 0.15) is 50.2 Å². The van der Waals surface area contributed by atoms with Gasteiger partial charge in [0.25, 0.3) is 5.91 Å². The SMILES string of the molecule is CCOc1ccc(-c2nn(-c3ccccc3)cc2/C=C2/SC(=S)N(C3CCCCC3)C2=O)c(C)c1. The van der Waals surface area contributed by atoms with Crippen LogP contribution in [0.3, 0.4) is 0 Å². The molecule has 5 rings (SSSR count). The van der Waals surface area contributed by atoms with Crippen molar-refractivity contribution in [2.75, 3.05) is 6.61 Å². The number of nitrogens with zero attached hydrogens (tertiary/aromatic N) is 3. The average Bonchev–Trinajstić information content (AvgIpc) is 3.41. The molecule has 2 aliphatic rings. The van der Waals surface area contributed by atoms with Crippen LogP contribution in [0.5, 0.6) is 5.75 Å². The molecule has 2 fully saturated rings. The molecule has 2 heterocycles. The predicted molar refractivity (Wildman–Crippen MR) is 147 cm³/mol. The molecule has 5 nitrogen and oxygen atoms in total. The average molecular weight is 504 g/mol. The van der Waals surface area contributed by atoms with E-state index in [1.54, 1.807) is 0 Å². The van der Waals surface area contributed by atoms with Crippen molar-refractivity contribution < 1.29 is 9.53 Å². The van der Waals surface area contributed by atoms with Gasteiger partial charge in [0.05, 0.1) is 17.2 Å². The van der Waals surface area contributed by atoms with Gasteiger partial charge in [-0.3, -0.25) is 9.69 Å². The Hall–Kier alpha value is -2.90. The van der Waals surface area contributed by atoms with Crippen LogP contribution in [0.25, 0.3) is 23.0 Å². The van der Waals surface area contributed by atoms with Gasteiger partial charge < -0.3 is 4.74 Å².